The molecule has 2 rings (SSSR count). The van der Waals surface area contributed by atoms with Gasteiger partial charge in [0.1, 0.15) is 11.5 Å². The summed E-state index contributed by atoms with van der Waals surface area (Å²) in [5.74, 6) is 1.77. The Morgan fingerprint density at radius 2 is 2.17 bits per heavy atom. The first-order valence-electron chi connectivity index (χ1n) is 6.00. The van der Waals surface area contributed by atoms with Crippen LogP contribution in [0, 0.1) is 6.92 Å². The zero-order chi connectivity index (χ0) is 13.0. The molecule has 0 saturated carbocycles. The van der Waals surface area contributed by atoms with E-state index in [4.69, 9.17) is 9.15 Å². The van der Waals surface area contributed by atoms with Gasteiger partial charge in [0.15, 0.2) is 0 Å². The summed E-state index contributed by atoms with van der Waals surface area (Å²) in [6.45, 7) is 1.94. The van der Waals surface area contributed by atoms with Crippen molar-refractivity contribution in [3.63, 3.8) is 0 Å². The Labute approximate surface area is 107 Å². The highest BCUT2D eigenvalue weighted by Crippen LogP contribution is 2.18. The molecule has 1 aromatic heterocycles. The van der Waals surface area contributed by atoms with Crippen molar-refractivity contribution in [1.29, 1.82) is 0 Å². The van der Waals surface area contributed by atoms with E-state index >= 15 is 0 Å². The first-order chi connectivity index (χ1) is 8.72. The molecule has 0 aliphatic heterocycles. The van der Waals surface area contributed by atoms with Gasteiger partial charge in [-0.3, -0.25) is 0 Å². The number of anilines is 1. The molecular formula is C14H18N2O2. The number of aryl methyl sites for hydroxylation is 3. The Bertz CT molecular complexity index is 520. The molecule has 4 heteroatoms. The van der Waals surface area contributed by atoms with Crippen molar-refractivity contribution in [2.24, 2.45) is 0 Å². The quantitative estimate of drug-likeness (QED) is 0.881. The summed E-state index contributed by atoms with van der Waals surface area (Å²) in [7, 11) is 3.48. The Morgan fingerprint density at radius 1 is 1.33 bits per heavy atom. The third-order valence-corrected chi connectivity index (χ3v) is 2.89. The van der Waals surface area contributed by atoms with Gasteiger partial charge in [-0.05, 0) is 37.5 Å². The topological polar surface area (TPSA) is 47.3 Å². The van der Waals surface area contributed by atoms with Crippen molar-refractivity contribution in [3.05, 3.63) is 41.3 Å². The Kier molecular flexibility index (Phi) is 3.87. The normalized spacial score (nSPS) is 10.4. The molecule has 18 heavy (non-hydrogen) atoms. The van der Waals surface area contributed by atoms with E-state index < -0.39 is 0 Å². The maximum absolute atomic E-state index is 5.45. The Hall–Kier alpha value is -1.97. The van der Waals surface area contributed by atoms with Gasteiger partial charge < -0.3 is 14.5 Å². The zero-order valence-electron chi connectivity index (χ0n) is 11.0. The highest BCUT2D eigenvalue weighted by Gasteiger charge is 2.08. The number of hydrogen-bond donors (Lipinski definition) is 1. The molecule has 1 heterocycles. The van der Waals surface area contributed by atoms with Gasteiger partial charge in [-0.2, -0.15) is 4.98 Å². The maximum Gasteiger partial charge on any atom is 0.294 e. The van der Waals surface area contributed by atoms with Crippen LogP contribution in [0.5, 0.6) is 5.75 Å². The molecule has 0 bridgehead atoms. The van der Waals surface area contributed by atoms with Crippen LogP contribution in [0.4, 0.5) is 6.01 Å². The molecule has 2 aromatic rings. The lowest BCUT2D eigenvalue weighted by Gasteiger charge is -2.03. The maximum atomic E-state index is 5.45. The Balaban J connectivity index is 2.03. The molecule has 0 aliphatic carbocycles. The third kappa shape index (κ3) is 2.83. The fourth-order valence-electron chi connectivity index (χ4n) is 1.86. The van der Waals surface area contributed by atoms with Gasteiger partial charge in [-0.25, -0.2) is 0 Å². The minimum Gasteiger partial charge on any atom is -0.497 e. The van der Waals surface area contributed by atoms with Gasteiger partial charge >= 0.3 is 0 Å². The minimum atomic E-state index is 0.577. The average molecular weight is 246 g/mol. The summed E-state index contributed by atoms with van der Waals surface area (Å²) >= 11 is 0. The molecule has 96 valence electrons. The van der Waals surface area contributed by atoms with Crippen molar-refractivity contribution in [3.8, 4) is 5.75 Å². The van der Waals surface area contributed by atoms with Crippen LogP contribution in [-0.4, -0.2) is 19.1 Å². The molecule has 0 amide bonds. The van der Waals surface area contributed by atoms with Crippen LogP contribution in [-0.2, 0) is 12.8 Å². The van der Waals surface area contributed by atoms with Gasteiger partial charge in [0, 0.05) is 7.05 Å². The zero-order valence-corrected chi connectivity index (χ0v) is 11.0. The van der Waals surface area contributed by atoms with Crippen LogP contribution in [0.25, 0.3) is 0 Å². The fraction of sp³-hybridized carbons (Fsp3) is 0.357. The molecule has 0 aliphatic rings. The van der Waals surface area contributed by atoms with E-state index in [1.807, 2.05) is 25.1 Å². The van der Waals surface area contributed by atoms with E-state index in [2.05, 4.69) is 16.4 Å². The van der Waals surface area contributed by atoms with Gasteiger partial charge in [-0.15, -0.1) is 0 Å². The highest BCUT2D eigenvalue weighted by molar-refractivity contribution is 5.30. The molecular weight excluding hydrogens is 228 g/mol. The summed E-state index contributed by atoms with van der Waals surface area (Å²) < 4.78 is 10.7. The number of rotatable bonds is 5. The molecule has 0 saturated heterocycles. The minimum absolute atomic E-state index is 0.577. The van der Waals surface area contributed by atoms with E-state index in [-0.39, 0.29) is 0 Å². The summed E-state index contributed by atoms with van der Waals surface area (Å²) in [5, 5.41) is 2.91. The highest BCUT2D eigenvalue weighted by atomic mass is 16.5. The molecule has 0 spiro atoms. The van der Waals surface area contributed by atoms with Gasteiger partial charge in [0.2, 0.25) is 0 Å². The molecule has 0 radical (unpaired) electrons. The van der Waals surface area contributed by atoms with Crippen LogP contribution in [0.2, 0.25) is 0 Å². The number of benzene rings is 1. The van der Waals surface area contributed by atoms with E-state index in [1.165, 1.54) is 5.56 Å². The van der Waals surface area contributed by atoms with Crippen LogP contribution in [0.3, 0.4) is 0 Å². The number of hydrogen-bond acceptors (Lipinski definition) is 4. The van der Waals surface area contributed by atoms with Gasteiger partial charge in [0.25, 0.3) is 6.01 Å². The van der Waals surface area contributed by atoms with E-state index in [9.17, 15) is 0 Å². The predicted octanol–water partition coefficient (Wildman–Crippen LogP) is 2.82. The molecule has 1 aromatic carbocycles. The fourth-order valence-corrected chi connectivity index (χ4v) is 1.86. The van der Waals surface area contributed by atoms with E-state index in [1.54, 1.807) is 14.2 Å². The molecule has 4 nitrogen and oxygen atoms in total. The molecule has 0 atom stereocenters. The SMILES string of the molecule is CNc1nc(CCc2cccc(OC)c2)c(C)o1. The number of ether oxygens (including phenoxy) is 1. The molecule has 0 unspecified atom stereocenters. The smallest absolute Gasteiger partial charge is 0.294 e. The van der Waals surface area contributed by atoms with Crippen molar-refractivity contribution in [2.45, 2.75) is 19.8 Å². The number of aromatic nitrogens is 1. The second-order valence-electron chi connectivity index (χ2n) is 4.12. The summed E-state index contributed by atoms with van der Waals surface area (Å²) in [4.78, 5) is 4.38. The van der Waals surface area contributed by atoms with Gasteiger partial charge in [-0.1, -0.05) is 12.1 Å². The van der Waals surface area contributed by atoms with E-state index in [0.717, 1.165) is 30.0 Å². The van der Waals surface area contributed by atoms with Crippen molar-refractivity contribution in [2.75, 3.05) is 19.5 Å². The second-order valence-corrected chi connectivity index (χ2v) is 4.12. The number of oxazole rings is 1. The summed E-state index contributed by atoms with van der Waals surface area (Å²) in [5.41, 5.74) is 2.24. The lowest BCUT2D eigenvalue weighted by Crippen LogP contribution is -1.95. The van der Waals surface area contributed by atoms with Crippen molar-refractivity contribution < 1.29 is 9.15 Å². The average Bonchev–Trinajstić information content (AvgIpc) is 2.77. The number of nitrogens with one attached hydrogen (secondary N) is 1. The second kappa shape index (κ2) is 5.58. The van der Waals surface area contributed by atoms with Crippen LogP contribution >= 0.6 is 0 Å². The number of nitrogens with zero attached hydrogens (tertiary/aromatic N) is 1. The standard InChI is InChI=1S/C14H18N2O2/c1-10-13(16-14(15-2)18-10)8-7-11-5-4-6-12(9-11)17-3/h4-6,9H,7-8H2,1-3H3,(H,15,16). The first-order valence-corrected chi connectivity index (χ1v) is 6.00. The molecule has 0 fully saturated rings. The van der Waals surface area contributed by atoms with Crippen LogP contribution < -0.4 is 10.1 Å². The predicted molar refractivity (Wildman–Crippen MR) is 71.2 cm³/mol. The lowest BCUT2D eigenvalue weighted by atomic mass is 10.1. The van der Waals surface area contributed by atoms with Gasteiger partial charge in [0.05, 0.1) is 12.8 Å². The summed E-state index contributed by atoms with van der Waals surface area (Å²) in [6, 6.07) is 8.67. The van der Waals surface area contributed by atoms with Crippen molar-refractivity contribution >= 4 is 6.01 Å². The van der Waals surface area contributed by atoms with Crippen LogP contribution in [0.15, 0.2) is 28.7 Å². The lowest BCUT2D eigenvalue weighted by molar-refractivity contribution is 0.414. The number of methoxy groups -OCH3 is 1. The Morgan fingerprint density at radius 3 is 2.83 bits per heavy atom. The third-order valence-electron chi connectivity index (χ3n) is 2.89. The van der Waals surface area contributed by atoms with Crippen LogP contribution in [0.1, 0.15) is 17.0 Å². The first kappa shape index (κ1) is 12.5. The van der Waals surface area contributed by atoms with Crippen molar-refractivity contribution in [1.82, 2.24) is 4.98 Å². The van der Waals surface area contributed by atoms with E-state index in [0.29, 0.717) is 6.01 Å². The molecule has 1 N–H and O–H groups in total. The largest absolute Gasteiger partial charge is 0.497 e. The monoisotopic (exact) mass is 246 g/mol. The summed E-state index contributed by atoms with van der Waals surface area (Å²) in [6.07, 6.45) is 1.79.